The van der Waals surface area contributed by atoms with Crippen LogP contribution in [0.1, 0.15) is 52.8 Å². The first-order valence-electron chi connectivity index (χ1n) is 17.4. The second-order valence-electron chi connectivity index (χ2n) is 12.1. The Labute approximate surface area is 341 Å². The summed E-state index contributed by atoms with van der Waals surface area (Å²) in [6, 6.07) is 20.4. The lowest BCUT2D eigenvalue weighted by Crippen LogP contribution is -2.10. The number of carbonyl (C=O) groups is 4. The first-order valence-corrected chi connectivity index (χ1v) is 17.4. The zero-order valence-electron chi connectivity index (χ0n) is 32.3. The number of methoxy groups -OCH3 is 1. The van der Waals surface area contributed by atoms with Crippen molar-refractivity contribution in [3.05, 3.63) is 180 Å². The van der Waals surface area contributed by atoms with Gasteiger partial charge in [-0.15, -0.1) is 0 Å². The van der Waals surface area contributed by atoms with Crippen molar-refractivity contribution in [2.75, 3.05) is 7.11 Å². The minimum absolute atomic E-state index is 0.151. The molecular formula is C49H35FO9. The maximum atomic E-state index is 16.7. The molecule has 0 fully saturated rings. The van der Waals surface area contributed by atoms with E-state index in [1.807, 2.05) is 0 Å². The molecule has 0 aliphatic rings. The van der Waals surface area contributed by atoms with Crippen LogP contribution < -0.4 is 9.47 Å². The van der Waals surface area contributed by atoms with Gasteiger partial charge in [0, 0.05) is 45.6 Å². The minimum Gasteiger partial charge on any atom is -0.492 e. The molecule has 0 saturated heterocycles. The maximum absolute atomic E-state index is 16.7. The van der Waals surface area contributed by atoms with Gasteiger partial charge in [-0.1, -0.05) is 86.4 Å². The second kappa shape index (κ2) is 21.1. The van der Waals surface area contributed by atoms with E-state index in [1.165, 1.54) is 26.6 Å². The van der Waals surface area contributed by atoms with E-state index in [0.717, 1.165) is 17.7 Å². The Morgan fingerprint density at radius 1 is 0.610 bits per heavy atom. The molecule has 0 radical (unpaired) electrons. The van der Waals surface area contributed by atoms with Crippen LogP contribution in [0.4, 0.5) is 4.39 Å². The number of carbonyl (C=O) groups excluding carboxylic acids is 4. The van der Waals surface area contributed by atoms with Crippen LogP contribution in [0.15, 0.2) is 135 Å². The number of esters is 4. The Morgan fingerprint density at radius 2 is 1.07 bits per heavy atom. The van der Waals surface area contributed by atoms with Gasteiger partial charge in [0.1, 0.15) is 11.7 Å². The molecule has 0 saturated carbocycles. The molecule has 4 aromatic rings. The molecule has 4 aromatic carbocycles. The summed E-state index contributed by atoms with van der Waals surface area (Å²) in [5, 5.41) is 0. The summed E-state index contributed by atoms with van der Waals surface area (Å²) in [6.07, 6.45) is 9.75. The molecule has 0 aromatic heterocycles. The van der Waals surface area contributed by atoms with Crippen molar-refractivity contribution in [3.63, 3.8) is 0 Å². The van der Waals surface area contributed by atoms with E-state index < -0.39 is 29.7 Å². The van der Waals surface area contributed by atoms with Crippen LogP contribution in [0.5, 0.6) is 11.5 Å². The van der Waals surface area contributed by atoms with Crippen molar-refractivity contribution in [1.29, 1.82) is 0 Å². The number of benzene rings is 4. The summed E-state index contributed by atoms with van der Waals surface area (Å²) >= 11 is 0. The second-order valence-corrected chi connectivity index (χ2v) is 12.1. The van der Waals surface area contributed by atoms with Gasteiger partial charge >= 0.3 is 23.9 Å². The third-order valence-electron chi connectivity index (χ3n) is 7.66. The highest BCUT2D eigenvalue weighted by Crippen LogP contribution is 2.42. The summed E-state index contributed by atoms with van der Waals surface area (Å²) in [6.45, 7) is 17.0. The van der Waals surface area contributed by atoms with Crippen molar-refractivity contribution in [2.45, 2.75) is 13.8 Å². The van der Waals surface area contributed by atoms with Crippen molar-refractivity contribution in [1.82, 2.24) is 0 Å². The highest BCUT2D eigenvalue weighted by molar-refractivity contribution is 5.89. The number of hydrogen-bond acceptors (Lipinski definition) is 9. The maximum Gasteiger partial charge on any atom is 0.344 e. The smallest absolute Gasteiger partial charge is 0.344 e. The third kappa shape index (κ3) is 12.3. The van der Waals surface area contributed by atoms with Crippen LogP contribution in [0.2, 0.25) is 0 Å². The monoisotopic (exact) mass is 786 g/mol. The fourth-order valence-corrected chi connectivity index (χ4v) is 4.69. The summed E-state index contributed by atoms with van der Waals surface area (Å²) in [5.74, 6) is 10.1. The van der Waals surface area contributed by atoms with Crippen LogP contribution in [-0.4, -0.2) is 31.0 Å². The molecule has 0 amide bonds. The van der Waals surface area contributed by atoms with Gasteiger partial charge in [0.05, 0.1) is 25.2 Å². The average molecular weight is 787 g/mol. The van der Waals surface area contributed by atoms with E-state index in [4.69, 9.17) is 23.7 Å². The summed E-state index contributed by atoms with van der Waals surface area (Å²) in [7, 11) is 1.23. The molecule has 0 N–H and O–H groups in total. The molecule has 0 atom stereocenters. The molecule has 0 bridgehead atoms. The third-order valence-corrected chi connectivity index (χ3v) is 7.66. The van der Waals surface area contributed by atoms with Gasteiger partial charge in [-0.2, -0.15) is 0 Å². The van der Waals surface area contributed by atoms with Crippen LogP contribution in [0, 0.1) is 41.5 Å². The van der Waals surface area contributed by atoms with Gasteiger partial charge in [0.25, 0.3) is 0 Å². The molecular weight excluding hydrogens is 752 g/mol. The van der Waals surface area contributed by atoms with E-state index in [1.54, 1.807) is 91.9 Å². The topological polar surface area (TPSA) is 114 Å². The van der Waals surface area contributed by atoms with Crippen LogP contribution in [-0.2, 0) is 33.4 Å². The normalized spacial score (nSPS) is 10.0. The van der Waals surface area contributed by atoms with E-state index in [-0.39, 0.29) is 44.9 Å². The number of rotatable bonds is 11. The van der Waals surface area contributed by atoms with Crippen LogP contribution >= 0.6 is 0 Å². The molecule has 292 valence electrons. The Balaban J connectivity index is 1.76. The molecule has 59 heavy (non-hydrogen) atoms. The van der Waals surface area contributed by atoms with Gasteiger partial charge in [0.15, 0.2) is 17.3 Å². The van der Waals surface area contributed by atoms with E-state index in [0.29, 0.717) is 22.3 Å². The van der Waals surface area contributed by atoms with Crippen molar-refractivity contribution in [3.8, 4) is 58.3 Å². The number of hydrogen-bond donors (Lipinski definition) is 0. The first kappa shape index (κ1) is 43.3. The quantitative estimate of drug-likeness (QED) is 0.0368. The van der Waals surface area contributed by atoms with Crippen LogP contribution in [0.25, 0.3) is 23.3 Å². The average Bonchev–Trinajstić information content (AvgIpc) is 3.23. The predicted molar refractivity (Wildman–Crippen MR) is 222 cm³/mol. The first-order chi connectivity index (χ1) is 28.3. The van der Waals surface area contributed by atoms with Gasteiger partial charge < -0.3 is 23.7 Å². The van der Waals surface area contributed by atoms with Crippen molar-refractivity contribution >= 4 is 36.0 Å². The van der Waals surface area contributed by atoms with E-state index in [9.17, 15) is 19.2 Å². The summed E-state index contributed by atoms with van der Waals surface area (Å²) in [4.78, 5) is 47.8. The van der Waals surface area contributed by atoms with Gasteiger partial charge in [-0.25, -0.2) is 23.6 Å². The molecule has 0 spiro atoms. The van der Waals surface area contributed by atoms with Crippen molar-refractivity contribution in [2.24, 2.45) is 0 Å². The Morgan fingerprint density at radius 3 is 1.51 bits per heavy atom. The fraction of sp³-hybridized carbons (Fsp3) is 0.0612. The molecule has 0 aliphatic heterocycles. The SMILES string of the molecule is C=CC(=O)OC#Cc1c(OC(=O)C=C)c(C#Cc2ccc(C=COC(=O)C(=C)C)cc2)c(OC)c(F)c1-c1ccc(C#Cc2ccc(C=COC(=O)C(=C)C)cc2)cc1. The Kier molecular flexibility index (Phi) is 15.5. The Hall–Kier alpha value is -8.39. The highest BCUT2D eigenvalue weighted by atomic mass is 19.1. The minimum atomic E-state index is -0.914. The highest BCUT2D eigenvalue weighted by Gasteiger charge is 2.27. The van der Waals surface area contributed by atoms with Crippen molar-refractivity contribution < 1.29 is 47.3 Å². The fourth-order valence-electron chi connectivity index (χ4n) is 4.69. The van der Waals surface area contributed by atoms with E-state index in [2.05, 4.69) is 62.0 Å². The zero-order valence-corrected chi connectivity index (χ0v) is 32.3. The van der Waals surface area contributed by atoms with Gasteiger partial charge in [-0.05, 0) is 85.0 Å². The van der Waals surface area contributed by atoms with Gasteiger partial charge in [0.2, 0.25) is 0 Å². The lowest BCUT2D eigenvalue weighted by Gasteiger charge is -2.17. The molecule has 0 unspecified atom stereocenters. The number of halogens is 1. The molecule has 0 aliphatic carbocycles. The summed E-state index contributed by atoms with van der Waals surface area (Å²) < 4.78 is 42.7. The standard InChI is InChI=1S/C49H35FO9/c1-8-42(51)56-31-28-40-44(39-23-20-36(21-24-39)11-10-34-12-16-37(17-13-34)26-29-57-48(53)32(3)4)45(50)47(55-7)41(46(40)59-43(52)9-2)25-22-35-14-18-38(19-15-35)27-30-58-49(54)33(5)6/h8-9,12-21,23-24,26-27,29-30H,1-3,5H2,4,6-7H3. The molecule has 4 rings (SSSR count). The lowest BCUT2D eigenvalue weighted by atomic mass is 9.94. The molecule has 10 heteroatoms. The Bertz CT molecular complexity index is 2590. The zero-order chi connectivity index (χ0) is 42.9. The molecule has 0 heterocycles. The largest absolute Gasteiger partial charge is 0.492 e. The predicted octanol–water partition coefficient (Wildman–Crippen LogP) is 8.61. The van der Waals surface area contributed by atoms with E-state index >= 15 is 4.39 Å². The summed E-state index contributed by atoms with van der Waals surface area (Å²) in [5.41, 5.74) is 3.54. The number of ether oxygens (including phenoxy) is 5. The van der Waals surface area contributed by atoms with Crippen LogP contribution in [0.3, 0.4) is 0 Å². The van der Waals surface area contributed by atoms with Gasteiger partial charge in [-0.3, -0.25) is 0 Å². The lowest BCUT2D eigenvalue weighted by molar-refractivity contribution is -0.134. The molecule has 9 nitrogen and oxygen atoms in total.